The molecule has 2 heteroatoms. The Hall–Kier alpha value is -1.83. The maximum absolute atomic E-state index is 6.46. The summed E-state index contributed by atoms with van der Waals surface area (Å²) in [4.78, 5) is 0. The molecule has 0 fully saturated rings. The van der Waals surface area contributed by atoms with E-state index in [1.807, 2.05) is 7.05 Å². The maximum atomic E-state index is 6.46. The Bertz CT molecular complexity index is 774. The van der Waals surface area contributed by atoms with Gasteiger partial charge in [0.15, 0.2) is 0 Å². The summed E-state index contributed by atoms with van der Waals surface area (Å²) < 4.78 is 0. The first-order chi connectivity index (χ1) is 10.2. The second kappa shape index (κ2) is 5.88. The molecule has 106 valence electrons. The van der Waals surface area contributed by atoms with Crippen molar-refractivity contribution in [3.8, 4) is 11.1 Å². The van der Waals surface area contributed by atoms with Crippen LogP contribution < -0.4 is 5.32 Å². The van der Waals surface area contributed by atoms with Gasteiger partial charge in [-0.15, -0.1) is 0 Å². The van der Waals surface area contributed by atoms with E-state index in [4.69, 9.17) is 11.6 Å². The van der Waals surface area contributed by atoms with Crippen molar-refractivity contribution in [1.29, 1.82) is 0 Å². The molecule has 0 saturated carbocycles. The van der Waals surface area contributed by atoms with Crippen molar-refractivity contribution in [2.45, 2.75) is 13.0 Å². The topological polar surface area (TPSA) is 12.0 Å². The largest absolute Gasteiger partial charge is 0.313 e. The van der Waals surface area contributed by atoms with Crippen LogP contribution in [-0.4, -0.2) is 7.05 Å². The predicted octanol–water partition coefficient (Wildman–Crippen LogP) is 5.44. The van der Waals surface area contributed by atoms with Crippen LogP contribution in [0.15, 0.2) is 60.7 Å². The molecule has 3 aromatic rings. The van der Waals surface area contributed by atoms with E-state index >= 15 is 0 Å². The van der Waals surface area contributed by atoms with Crippen LogP contribution in [0.2, 0.25) is 5.02 Å². The summed E-state index contributed by atoms with van der Waals surface area (Å²) in [5, 5.41) is 6.54. The molecule has 0 aliphatic carbocycles. The van der Waals surface area contributed by atoms with E-state index in [0.717, 1.165) is 16.1 Å². The molecule has 0 aliphatic rings. The molecule has 0 radical (unpaired) electrons. The molecule has 0 heterocycles. The van der Waals surface area contributed by atoms with Crippen LogP contribution in [-0.2, 0) is 0 Å². The van der Waals surface area contributed by atoms with Crippen LogP contribution in [0.3, 0.4) is 0 Å². The summed E-state index contributed by atoms with van der Waals surface area (Å²) in [6.45, 7) is 2.11. The Morgan fingerprint density at radius 3 is 2.48 bits per heavy atom. The highest BCUT2D eigenvalue weighted by atomic mass is 35.5. The average molecular weight is 296 g/mol. The number of halogens is 1. The zero-order valence-electron chi connectivity index (χ0n) is 12.2. The second-order valence-electron chi connectivity index (χ2n) is 5.27. The van der Waals surface area contributed by atoms with Gasteiger partial charge in [-0.1, -0.05) is 66.2 Å². The first kappa shape index (κ1) is 14.1. The summed E-state index contributed by atoms with van der Waals surface area (Å²) in [5.41, 5.74) is 3.51. The Morgan fingerprint density at radius 1 is 0.952 bits per heavy atom. The number of nitrogens with one attached hydrogen (secondary N) is 1. The van der Waals surface area contributed by atoms with E-state index < -0.39 is 0 Å². The van der Waals surface area contributed by atoms with Gasteiger partial charge in [0.1, 0.15) is 0 Å². The summed E-state index contributed by atoms with van der Waals surface area (Å²) in [5.74, 6) is 0. The molecule has 0 spiro atoms. The SMILES string of the molecule is CNC(C)c1ccc(-c2cccc3ccccc23)cc1Cl. The van der Waals surface area contributed by atoms with Gasteiger partial charge in [0.05, 0.1) is 0 Å². The summed E-state index contributed by atoms with van der Waals surface area (Å²) in [7, 11) is 1.94. The minimum absolute atomic E-state index is 0.249. The first-order valence-electron chi connectivity index (χ1n) is 7.15. The number of benzene rings is 3. The van der Waals surface area contributed by atoms with Gasteiger partial charge in [-0.25, -0.2) is 0 Å². The van der Waals surface area contributed by atoms with Crippen molar-refractivity contribution >= 4 is 22.4 Å². The molecule has 1 unspecified atom stereocenters. The Labute approximate surface area is 130 Å². The number of hydrogen-bond acceptors (Lipinski definition) is 1. The van der Waals surface area contributed by atoms with Gasteiger partial charge in [0.2, 0.25) is 0 Å². The molecule has 0 saturated heterocycles. The molecule has 0 bridgehead atoms. The molecule has 1 nitrogen and oxygen atoms in total. The number of fused-ring (bicyclic) bond motifs is 1. The van der Waals surface area contributed by atoms with Gasteiger partial charge in [-0.3, -0.25) is 0 Å². The van der Waals surface area contributed by atoms with Gasteiger partial charge in [0.25, 0.3) is 0 Å². The van der Waals surface area contributed by atoms with E-state index in [0.29, 0.717) is 0 Å². The van der Waals surface area contributed by atoms with Crippen LogP contribution in [0.1, 0.15) is 18.5 Å². The standard InChI is InChI=1S/C19H18ClN/c1-13(21-2)16-11-10-15(12-19(16)20)18-9-5-7-14-6-3-4-8-17(14)18/h3-13,21H,1-2H3. The number of rotatable bonds is 3. The molecular weight excluding hydrogens is 278 g/mol. The normalized spacial score (nSPS) is 12.5. The third kappa shape index (κ3) is 2.67. The maximum Gasteiger partial charge on any atom is 0.0459 e. The lowest BCUT2D eigenvalue weighted by Crippen LogP contribution is -2.12. The molecule has 3 aromatic carbocycles. The van der Waals surface area contributed by atoms with E-state index in [-0.39, 0.29) is 6.04 Å². The van der Waals surface area contributed by atoms with E-state index in [1.165, 1.54) is 16.3 Å². The van der Waals surface area contributed by atoms with Crippen molar-refractivity contribution in [2.24, 2.45) is 0 Å². The van der Waals surface area contributed by atoms with Gasteiger partial charge >= 0.3 is 0 Å². The summed E-state index contributed by atoms with van der Waals surface area (Å²) in [6.07, 6.45) is 0. The lowest BCUT2D eigenvalue weighted by atomic mass is 9.96. The fourth-order valence-corrected chi connectivity index (χ4v) is 3.02. The van der Waals surface area contributed by atoms with Gasteiger partial charge < -0.3 is 5.32 Å². The van der Waals surface area contributed by atoms with Crippen molar-refractivity contribution < 1.29 is 0 Å². The molecule has 1 atom stereocenters. The van der Waals surface area contributed by atoms with Gasteiger partial charge in [0, 0.05) is 11.1 Å². The molecule has 0 amide bonds. The monoisotopic (exact) mass is 295 g/mol. The highest BCUT2D eigenvalue weighted by molar-refractivity contribution is 6.31. The minimum atomic E-state index is 0.249. The quantitative estimate of drug-likeness (QED) is 0.678. The molecular formula is C19H18ClN. The number of hydrogen-bond donors (Lipinski definition) is 1. The van der Waals surface area contributed by atoms with Crippen LogP contribution in [0.4, 0.5) is 0 Å². The van der Waals surface area contributed by atoms with E-state index in [9.17, 15) is 0 Å². The Kier molecular flexibility index (Phi) is 3.96. The molecule has 0 aromatic heterocycles. The predicted molar refractivity (Wildman–Crippen MR) is 91.9 cm³/mol. The van der Waals surface area contributed by atoms with Crippen molar-refractivity contribution in [3.63, 3.8) is 0 Å². The van der Waals surface area contributed by atoms with Crippen molar-refractivity contribution in [2.75, 3.05) is 7.05 Å². The van der Waals surface area contributed by atoms with Crippen LogP contribution in [0, 0.1) is 0 Å². The smallest absolute Gasteiger partial charge is 0.0459 e. The fourth-order valence-electron chi connectivity index (χ4n) is 2.68. The van der Waals surface area contributed by atoms with Crippen LogP contribution >= 0.6 is 11.6 Å². The highest BCUT2D eigenvalue weighted by Crippen LogP contribution is 2.32. The fraction of sp³-hybridized carbons (Fsp3) is 0.158. The first-order valence-corrected chi connectivity index (χ1v) is 7.53. The zero-order valence-corrected chi connectivity index (χ0v) is 13.0. The van der Waals surface area contributed by atoms with E-state index in [2.05, 4.69) is 72.9 Å². The summed E-state index contributed by atoms with van der Waals surface area (Å²) in [6, 6.07) is 21.4. The van der Waals surface area contributed by atoms with Crippen LogP contribution in [0.25, 0.3) is 21.9 Å². The van der Waals surface area contributed by atoms with Gasteiger partial charge in [-0.05, 0) is 47.5 Å². The zero-order chi connectivity index (χ0) is 14.8. The van der Waals surface area contributed by atoms with Crippen LogP contribution in [0.5, 0.6) is 0 Å². The average Bonchev–Trinajstić information content (AvgIpc) is 2.53. The van der Waals surface area contributed by atoms with E-state index in [1.54, 1.807) is 0 Å². The lowest BCUT2D eigenvalue weighted by Gasteiger charge is -2.14. The lowest BCUT2D eigenvalue weighted by molar-refractivity contribution is 0.652. The summed E-state index contributed by atoms with van der Waals surface area (Å²) >= 11 is 6.46. The molecule has 21 heavy (non-hydrogen) atoms. The Balaban J connectivity index is 2.13. The van der Waals surface area contributed by atoms with Gasteiger partial charge in [-0.2, -0.15) is 0 Å². The second-order valence-corrected chi connectivity index (χ2v) is 5.68. The third-order valence-corrected chi connectivity index (χ3v) is 4.33. The van der Waals surface area contributed by atoms with Crippen molar-refractivity contribution in [1.82, 2.24) is 5.32 Å². The van der Waals surface area contributed by atoms with Crippen molar-refractivity contribution in [3.05, 3.63) is 71.2 Å². The third-order valence-electron chi connectivity index (χ3n) is 4.00. The Morgan fingerprint density at radius 2 is 1.71 bits per heavy atom. The highest BCUT2D eigenvalue weighted by Gasteiger charge is 2.10. The minimum Gasteiger partial charge on any atom is -0.313 e. The molecule has 1 N–H and O–H groups in total. The molecule has 0 aliphatic heterocycles. The molecule has 3 rings (SSSR count).